The van der Waals surface area contributed by atoms with Crippen LogP contribution in [0.2, 0.25) is 25.7 Å². The van der Waals surface area contributed by atoms with Crippen LogP contribution < -0.4 is 5.56 Å². The third-order valence-corrected chi connectivity index (χ3v) is 13.5. The summed E-state index contributed by atoms with van der Waals surface area (Å²) in [4.78, 5) is 16.5. The number of sulfonamides is 1. The van der Waals surface area contributed by atoms with Gasteiger partial charge in [0.15, 0.2) is 0 Å². The van der Waals surface area contributed by atoms with E-state index in [2.05, 4.69) is 24.6 Å². The van der Waals surface area contributed by atoms with E-state index in [4.69, 9.17) is 9.47 Å². The molecule has 0 radical (unpaired) electrons. The second-order valence-corrected chi connectivity index (χ2v) is 22.1. The fourth-order valence-electron chi connectivity index (χ4n) is 6.96. The Morgan fingerprint density at radius 1 is 1.07 bits per heavy atom. The zero-order chi connectivity index (χ0) is 33.3. The highest BCUT2D eigenvalue weighted by molar-refractivity contribution is 7.89. The van der Waals surface area contributed by atoms with Crippen LogP contribution in [-0.2, 0) is 38.0 Å². The SMILES string of the molecule is C[C@H]1CC[C@H](c2ccccc2)S(=O)(=O)N1Cc1cc(F)c([C@]2(Cn3ccncc3=O)C[C@](C)(OCOCC[Si](C)(C)C)C2)cc1F. The lowest BCUT2D eigenvalue weighted by Gasteiger charge is -2.54. The van der Waals surface area contributed by atoms with Crippen LogP contribution in [0.4, 0.5) is 8.78 Å². The molecule has 0 amide bonds. The lowest BCUT2D eigenvalue weighted by molar-refractivity contribution is -0.191. The van der Waals surface area contributed by atoms with Crippen molar-refractivity contribution in [1.29, 1.82) is 0 Å². The van der Waals surface area contributed by atoms with Crippen LogP contribution in [0.5, 0.6) is 0 Å². The Balaban J connectivity index is 1.39. The summed E-state index contributed by atoms with van der Waals surface area (Å²) in [7, 11) is -5.09. The van der Waals surface area contributed by atoms with E-state index >= 15 is 8.78 Å². The summed E-state index contributed by atoms with van der Waals surface area (Å²) in [5, 5.41) is -0.744. The lowest BCUT2D eigenvalue weighted by Crippen LogP contribution is -2.57. The van der Waals surface area contributed by atoms with E-state index in [1.807, 2.05) is 13.0 Å². The summed E-state index contributed by atoms with van der Waals surface area (Å²) < 4.78 is 74.2. The van der Waals surface area contributed by atoms with Crippen molar-refractivity contribution < 1.29 is 26.7 Å². The Morgan fingerprint density at radius 3 is 2.46 bits per heavy atom. The van der Waals surface area contributed by atoms with Crippen molar-refractivity contribution in [2.75, 3.05) is 13.4 Å². The molecule has 0 unspecified atom stereocenters. The Labute approximate surface area is 271 Å². The Morgan fingerprint density at radius 2 is 1.78 bits per heavy atom. The fraction of sp³-hybridized carbons (Fsp3) is 0.529. The molecule has 1 aliphatic heterocycles. The third kappa shape index (κ3) is 7.51. The number of benzene rings is 2. The molecule has 0 bridgehead atoms. The van der Waals surface area contributed by atoms with Gasteiger partial charge in [0.05, 0.1) is 11.8 Å². The highest BCUT2D eigenvalue weighted by Crippen LogP contribution is 2.54. The molecule has 2 fully saturated rings. The molecule has 1 saturated carbocycles. The molecule has 1 aromatic heterocycles. The van der Waals surface area contributed by atoms with Crippen molar-refractivity contribution in [3.8, 4) is 0 Å². The van der Waals surface area contributed by atoms with E-state index in [9.17, 15) is 13.2 Å². The molecular formula is C34H45F2N3O5SSi. The lowest BCUT2D eigenvalue weighted by atomic mass is 9.56. The Hall–Kier alpha value is -2.77. The van der Waals surface area contributed by atoms with Crippen molar-refractivity contribution >= 4 is 18.1 Å². The molecule has 2 aliphatic rings. The number of aromatic nitrogens is 2. The van der Waals surface area contributed by atoms with Gasteiger partial charge in [-0.25, -0.2) is 17.2 Å². The van der Waals surface area contributed by atoms with Gasteiger partial charge in [0.1, 0.15) is 23.7 Å². The number of nitrogens with zero attached hydrogens (tertiary/aromatic N) is 3. The smallest absolute Gasteiger partial charge is 0.269 e. The monoisotopic (exact) mass is 673 g/mol. The second-order valence-electron chi connectivity index (χ2n) is 14.4. The van der Waals surface area contributed by atoms with Gasteiger partial charge in [-0.3, -0.25) is 9.78 Å². The van der Waals surface area contributed by atoms with Gasteiger partial charge in [-0.05, 0) is 68.8 Å². The first-order valence-electron chi connectivity index (χ1n) is 15.9. The molecule has 8 nitrogen and oxygen atoms in total. The third-order valence-electron chi connectivity index (χ3n) is 9.42. The van der Waals surface area contributed by atoms with Crippen LogP contribution in [0.3, 0.4) is 0 Å². The van der Waals surface area contributed by atoms with Crippen molar-refractivity contribution in [1.82, 2.24) is 13.9 Å². The maximum atomic E-state index is 16.2. The first kappa shape index (κ1) is 34.6. The summed E-state index contributed by atoms with van der Waals surface area (Å²) in [6.07, 6.45) is 5.94. The summed E-state index contributed by atoms with van der Waals surface area (Å²) >= 11 is 0. The number of hydrogen-bond donors (Lipinski definition) is 0. The molecule has 2 heterocycles. The van der Waals surface area contributed by atoms with E-state index in [1.165, 1.54) is 33.5 Å². The van der Waals surface area contributed by atoms with Crippen LogP contribution in [0.15, 0.2) is 65.8 Å². The predicted molar refractivity (Wildman–Crippen MR) is 177 cm³/mol. The van der Waals surface area contributed by atoms with Crippen molar-refractivity contribution in [2.24, 2.45) is 0 Å². The molecule has 1 aliphatic carbocycles. The molecule has 250 valence electrons. The molecule has 2 aromatic carbocycles. The van der Waals surface area contributed by atoms with Crippen LogP contribution in [0.1, 0.15) is 61.5 Å². The molecular weight excluding hydrogens is 629 g/mol. The van der Waals surface area contributed by atoms with Crippen LogP contribution in [-0.4, -0.2) is 55.4 Å². The number of rotatable bonds is 12. The average molecular weight is 674 g/mol. The minimum Gasteiger partial charge on any atom is -0.356 e. The van der Waals surface area contributed by atoms with Gasteiger partial charge in [-0.1, -0.05) is 50.0 Å². The minimum absolute atomic E-state index is 0.0317. The largest absolute Gasteiger partial charge is 0.356 e. The summed E-state index contributed by atoms with van der Waals surface area (Å²) in [6.45, 7) is 11.0. The molecule has 0 N–H and O–H groups in total. The van der Waals surface area contributed by atoms with Gasteiger partial charge in [-0.2, -0.15) is 4.31 Å². The van der Waals surface area contributed by atoms with E-state index in [0.29, 0.717) is 37.9 Å². The van der Waals surface area contributed by atoms with Gasteiger partial charge >= 0.3 is 0 Å². The predicted octanol–water partition coefficient (Wildman–Crippen LogP) is 6.40. The van der Waals surface area contributed by atoms with E-state index in [1.54, 1.807) is 31.2 Å². The van der Waals surface area contributed by atoms with E-state index in [0.717, 1.165) is 12.1 Å². The standard InChI is InChI=1S/C34H45F2N3O5SSi/c1-25-11-12-31(26-9-7-6-8-10-26)45(41,42)39(25)20-27-17-30(36)28(18-29(27)35)34(23-38-14-13-37-19-32(38)40)21-33(2,22-34)44-24-43-15-16-46(3,4)5/h6-10,13-14,17-19,25,31H,11-12,15-16,20-24H2,1-5H3/t25-,31+,33-,34+/m0/s1. The highest BCUT2D eigenvalue weighted by Gasteiger charge is 2.55. The minimum atomic E-state index is -3.83. The first-order valence-corrected chi connectivity index (χ1v) is 21.1. The summed E-state index contributed by atoms with van der Waals surface area (Å²) in [5.41, 5.74) is -1.16. The fourth-order valence-corrected chi connectivity index (χ4v) is 9.90. The van der Waals surface area contributed by atoms with E-state index in [-0.39, 0.29) is 42.6 Å². The van der Waals surface area contributed by atoms with Gasteiger partial charge in [-0.15, -0.1) is 0 Å². The van der Waals surface area contributed by atoms with Gasteiger partial charge in [0, 0.05) is 57.2 Å². The zero-order valence-electron chi connectivity index (χ0n) is 27.3. The number of ether oxygens (including phenoxy) is 2. The van der Waals surface area contributed by atoms with E-state index < -0.39 is 46.0 Å². The first-order chi connectivity index (χ1) is 21.6. The van der Waals surface area contributed by atoms with Gasteiger partial charge in [0.25, 0.3) is 5.56 Å². The maximum Gasteiger partial charge on any atom is 0.269 e. The number of hydrogen-bond acceptors (Lipinski definition) is 6. The normalized spacial score (nSPS) is 26.5. The van der Waals surface area contributed by atoms with Gasteiger partial charge < -0.3 is 14.0 Å². The molecule has 2 atom stereocenters. The van der Waals surface area contributed by atoms with Crippen LogP contribution in [0, 0.1) is 11.6 Å². The molecule has 0 spiro atoms. The Kier molecular flexibility index (Phi) is 10.1. The topological polar surface area (TPSA) is 90.7 Å². The summed E-state index contributed by atoms with van der Waals surface area (Å²) in [5.74, 6) is -1.33. The van der Waals surface area contributed by atoms with Crippen molar-refractivity contribution in [2.45, 2.75) is 101 Å². The molecule has 1 saturated heterocycles. The molecule has 46 heavy (non-hydrogen) atoms. The van der Waals surface area contributed by atoms with Crippen LogP contribution in [0.25, 0.3) is 0 Å². The van der Waals surface area contributed by atoms with Crippen molar-refractivity contribution in [3.63, 3.8) is 0 Å². The second kappa shape index (κ2) is 13.4. The summed E-state index contributed by atoms with van der Waals surface area (Å²) in [6, 6.07) is 11.9. The van der Waals surface area contributed by atoms with Crippen LogP contribution >= 0.6 is 0 Å². The Bertz CT molecular complexity index is 1690. The average Bonchev–Trinajstić information content (AvgIpc) is 2.96. The highest BCUT2D eigenvalue weighted by atomic mass is 32.2. The molecule has 5 rings (SSSR count). The number of halogens is 2. The maximum absolute atomic E-state index is 16.2. The van der Waals surface area contributed by atoms with Crippen molar-refractivity contribution in [3.05, 3.63) is 99.7 Å². The van der Waals surface area contributed by atoms with Gasteiger partial charge in [0.2, 0.25) is 10.0 Å². The molecule has 3 aromatic rings. The quantitative estimate of drug-likeness (QED) is 0.126. The zero-order valence-corrected chi connectivity index (χ0v) is 29.2. The molecule has 12 heteroatoms.